The second-order valence-electron chi connectivity index (χ2n) is 6.60. The van der Waals surface area contributed by atoms with Crippen LogP contribution in [-0.2, 0) is 11.2 Å². The number of carbonyl (C=O) groups excluding carboxylic acids is 1. The van der Waals surface area contributed by atoms with Gasteiger partial charge in [0.25, 0.3) is 0 Å². The largest absolute Gasteiger partial charge is 0.341 e. The van der Waals surface area contributed by atoms with Gasteiger partial charge in [0.1, 0.15) is 0 Å². The van der Waals surface area contributed by atoms with E-state index in [1.54, 1.807) is 0 Å². The Kier molecular flexibility index (Phi) is 5.11. The number of nitrogens with two attached hydrogens (primary N) is 1. The Hall–Kier alpha value is -1.39. The maximum absolute atomic E-state index is 12.5. The zero-order valence-corrected chi connectivity index (χ0v) is 13.3. The lowest BCUT2D eigenvalue weighted by molar-refractivity contribution is -0.134. The number of hydrogen-bond donors (Lipinski definition) is 1. The molecule has 1 atom stereocenters. The lowest BCUT2D eigenvalue weighted by Crippen LogP contribution is -2.51. The smallest absolute Gasteiger partial charge is 0.239 e. The van der Waals surface area contributed by atoms with Crippen molar-refractivity contribution in [1.82, 2.24) is 9.80 Å². The molecule has 2 heterocycles. The minimum atomic E-state index is -0.411. The standard InChI is InChI=1S/C18H27N3O/c19-17(14-15-6-2-1-3-7-15)18(22)21-12-8-16(9-13-21)20-10-4-5-11-20/h1-3,6-7,16-17H,4-5,8-14,19H2/t17-/m0/s1. The summed E-state index contributed by atoms with van der Waals surface area (Å²) in [5, 5.41) is 0. The van der Waals surface area contributed by atoms with Gasteiger partial charge in [0.05, 0.1) is 6.04 Å². The first-order valence-electron chi connectivity index (χ1n) is 8.56. The summed E-state index contributed by atoms with van der Waals surface area (Å²) in [6, 6.07) is 10.3. The van der Waals surface area contributed by atoms with E-state index in [-0.39, 0.29) is 5.91 Å². The molecule has 0 bridgehead atoms. The SMILES string of the molecule is N[C@@H](Cc1ccccc1)C(=O)N1CCC(N2CCCC2)CC1. The van der Waals surface area contributed by atoms with Gasteiger partial charge in [-0.25, -0.2) is 0 Å². The lowest BCUT2D eigenvalue weighted by atomic mass is 10.0. The van der Waals surface area contributed by atoms with E-state index in [0.717, 1.165) is 31.5 Å². The number of nitrogens with zero attached hydrogens (tertiary/aromatic N) is 2. The van der Waals surface area contributed by atoms with Crippen molar-refractivity contribution < 1.29 is 4.79 Å². The zero-order chi connectivity index (χ0) is 15.4. The van der Waals surface area contributed by atoms with Crippen LogP contribution in [0.25, 0.3) is 0 Å². The predicted molar refractivity (Wildman–Crippen MR) is 88.5 cm³/mol. The molecular formula is C18H27N3O. The van der Waals surface area contributed by atoms with E-state index in [1.807, 2.05) is 35.2 Å². The van der Waals surface area contributed by atoms with E-state index < -0.39 is 6.04 Å². The van der Waals surface area contributed by atoms with Gasteiger partial charge in [-0.3, -0.25) is 4.79 Å². The average Bonchev–Trinajstić information content (AvgIpc) is 3.10. The fourth-order valence-electron chi connectivity index (χ4n) is 3.75. The van der Waals surface area contributed by atoms with E-state index >= 15 is 0 Å². The summed E-state index contributed by atoms with van der Waals surface area (Å²) in [7, 11) is 0. The second kappa shape index (κ2) is 7.25. The highest BCUT2D eigenvalue weighted by Crippen LogP contribution is 2.21. The molecule has 3 rings (SSSR count). The molecule has 0 aliphatic carbocycles. The fourth-order valence-corrected chi connectivity index (χ4v) is 3.75. The summed E-state index contributed by atoms with van der Waals surface area (Å²) in [6.45, 7) is 4.21. The zero-order valence-electron chi connectivity index (χ0n) is 13.3. The molecule has 0 unspecified atom stereocenters. The van der Waals surface area contributed by atoms with Gasteiger partial charge in [0, 0.05) is 19.1 Å². The fraction of sp³-hybridized carbons (Fsp3) is 0.611. The molecule has 0 saturated carbocycles. The van der Waals surface area contributed by atoms with E-state index in [9.17, 15) is 4.79 Å². The number of likely N-dealkylation sites (tertiary alicyclic amines) is 2. The van der Waals surface area contributed by atoms with Gasteiger partial charge in [-0.2, -0.15) is 0 Å². The molecule has 2 fully saturated rings. The Balaban J connectivity index is 1.48. The summed E-state index contributed by atoms with van der Waals surface area (Å²) in [5.41, 5.74) is 7.27. The Morgan fingerprint density at radius 2 is 1.73 bits per heavy atom. The molecule has 0 aromatic heterocycles. The molecule has 2 aliphatic heterocycles. The highest BCUT2D eigenvalue weighted by molar-refractivity contribution is 5.82. The molecule has 2 aliphatic rings. The average molecular weight is 301 g/mol. The van der Waals surface area contributed by atoms with Crippen LogP contribution >= 0.6 is 0 Å². The number of hydrogen-bond acceptors (Lipinski definition) is 3. The van der Waals surface area contributed by atoms with E-state index in [2.05, 4.69) is 4.90 Å². The first-order chi connectivity index (χ1) is 10.7. The van der Waals surface area contributed by atoms with Crippen molar-refractivity contribution >= 4 is 5.91 Å². The molecule has 1 aromatic rings. The molecule has 4 heteroatoms. The highest BCUT2D eigenvalue weighted by Gasteiger charge is 2.30. The first-order valence-corrected chi connectivity index (χ1v) is 8.56. The summed E-state index contributed by atoms with van der Waals surface area (Å²) in [4.78, 5) is 17.1. The molecule has 0 radical (unpaired) electrons. The Labute approximate surface area is 133 Å². The Morgan fingerprint density at radius 1 is 1.09 bits per heavy atom. The van der Waals surface area contributed by atoms with Crippen LogP contribution in [0.15, 0.2) is 30.3 Å². The van der Waals surface area contributed by atoms with Crippen LogP contribution < -0.4 is 5.73 Å². The molecule has 120 valence electrons. The summed E-state index contributed by atoms with van der Waals surface area (Å²) in [6.07, 6.45) is 5.50. The van der Waals surface area contributed by atoms with Crippen molar-refractivity contribution in [1.29, 1.82) is 0 Å². The van der Waals surface area contributed by atoms with Crippen LogP contribution in [0.4, 0.5) is 0 Å². The quantitative estimate of drug-likeness (QED) is 0.920. The minimum Gasteiger partial charge on any atom is -0.341 e. The van der Waals surface area contributed by atoms with Crippen molar-refractivity contribution in [2.45, 2.75) is 44.2 Å². The van der Waals surface area contributed by atoms with Gasteiger partial charge in [-0.15, -0.1) is 0 Å². The third kappa shape index (κ3) is 3.68. The third-order valence-corrected chi connectivity index (χ3v) is 5.05. The lowest BCUT2D eigenvalue weighted by Gasteiger charge is -2.37. The van der Waals surface area contributed by atoms with Crippen LogP contribution in [0.1, 0.15) is 31.2 Å². The van der Waals surface area contributed by atoms with E-state index in [4.69, 9.17) is 5.73 Å². The molecular weight excluding hydrogens is 274 g/mol. The Bertz CT molecular complexity index is 476. The van der Waals surface area contributed by atoms with E-state index in [1.165, 1.54) is 25.9 Å². The van der Waals surface area contributed by atoms with Gasteiger partial charge in [0.2, 0.25) is 5.91 Å². The van der Waals surface area contributed by atoms with Crippen molar-refractivity contribution in [3.05, 3.63) is 35.9 Å². The van der Waals surface area contributed by atoms with Gasteiger partial charge in [0.15, 0.2) is 0 Å². The Morgan fingerprint density at radius 3 is 2.36 bits per heavy atom. The van der Waals surface area contributed by atoms with Crippen LogP contribution in [0, 0.1) is 0 Å². The molecule has 1 amide bonds. The normalized spacial score (nSPS) is 22.0. The topological polar surface area (TPSA) is 49.6 Å². The minimum absolute atomic E-state index is 0.115. The first kappa shape index (κ1) is 15.5. The summed E-state index contributed by atoms with van der Waals surface area (Å²) < 4.78 is 0. The number of rotatable bonds is 4. The van der Waals surface area contributed by atoms with Crippen molar-refractivity contribution in [3.63, 3.8) is 0 Å². The van der Waals surface area contributed by atoms with Crippen LogP contribution in [0.5, 0.6) is 0 Å². The molecule has 1 aromatic carbocycles. The summed E-state index contributed by atoms with van der Waals surface area (Å²) >= 11 is 0. The molecule has 2 N–H and O–H groups in total. The van der Waals surface area contributed by atoms with Gasteiger partial charge >= 0.3 is 0 Å². The van der Waals surface area contributed by atoms with Gasteiger partial charge in [-0.05, 0) is 50.8 Å². The third-order valence-electron chi connectivity index (χ3n) is 5.05. The molecule has 2 saturated heterocycles. The molecule has 0 spiro atoms. The van der Waals surface area contributed by atoms with Crippen LogP contribution in [0.2, 0.25) is 0 Å². The number of piperidine rings is 1. The van der Waals surface area contributed by atoms with Gasteiger partial charge < -0.3 is 15.5 Å². The van der Waals surface area contributed by atoms with Crippen molar-refractivity contribution in [3.8, 4) is 0 Å². The van der Waals surface area contributed by atoms with E-state index in [0.29, 0.717) is 12.5 Å². The van der Waals surface area contributed by atoms with Gasteiger partial charge in [-0.1, -0.05) is 30.3 Å². The monoisotopic (exact) mass is 301 g/mol. The maximum Gasteiger partial charge on any atom is 0.239 e. The number of carbonyl (C=O) groups is 1. The van der Waals surface area contributed by atoms with Crippen LogP contribution in [0.3, 0.4) is 0 Å². The predicted octanol–water partition coefficient (Wildman–Crippen LogP) is 1.64. The number of amides is 1. The maximum atomic E-state index is 12.5. The second-order valence-corrected chi connectivity index (χ2v) is 6.60. The van der Waals surface area contributed by atoms with Crippen molar-refractivity contribution in [2.75, 3.05) is 26.2 Å². The highest BCUT2D eigenvalue weighted by atomic mass is 16.2. The molecule has 22 heavy (non-hydrogen) atoms. The summed E-state index contributed by atoms with van der Waals surface area (Å²) in [5.74, 6) is 0.115. The van der Waals surface area contributed by atoms with Crippen LogP contribution in [-0.4, -0.2) is 54.0 Å². The molecule has 4 nitrogen and oxygen atoms in total. The van der Waals surface area contributed by atoms with Crippen molar-refractivity contribution in [2.24, 2.45) is 5.73 Å². The number of benzene rings is 1.